The van der Waals surface area contributed by atoms with Crippen molar-refractivity contribution in [2.24, 2.45) is 0 Å². The molecule has 3 N–H and O–H groups in total. The van der Waals surface area contributed by atoms with E-state index in [2.05, 4.69) is 15.4 Å². The van der Waals surface area contributed by atoms with Gasteiger partial charge in [-0.1, -0.05) is 11.6 Å². The van der Waals surface area contributed by atoms with Crippen molar-refractivity contribution in [3.63, 3.8) is 0 Å². The molecule has 20 heavy (non-hydrogen) atoms. The molecule has 0 radical (unpaired) electrons. The first-order valence-corrected chi connectivity index (χ1v) is 8.24. The number of rotatable bonds is 7. The predicted molar refractivity (Wildman–Crippen MR) is 80.5 cm³/mol. The number of hydrogen-bond acceptors (Lipinski definition) is 4. The molecule has 6 nitrogen and oxygen atoms in total. The largest absolute Gasteiger partial charge is 0.387 e. The quantitative estimate of drug-likeness (QED) is 0.647. The van der Waals surface area contributed by atoms with E-state index in [0.29, 0.717) is 25.1 Å². The summed E-state index contributed by atoms with van der Waals surface area (Å²) in [4.78, 5) is 12.0. The lowest BCUT2D eigenvalue weighted by Crippen LogP contribution is -2.29. The number of benzene rings is 1. The molecule has 0 unspecified atom stereocenters. The Bertz CT molecular complexity index is 570. The zero-order valence-corrected chi connectivity index (χ0v) is 12.8. The first-order chi connectivity index (χ1) is 9.33. The number of anilines is 1. The lowest BCUT2D eigenvalue weighted by molar-refractivity contribution is 0.0954. The summed E-state index contributed by atoms with van der Waals surface area (Å²) in [6, 6.07) is 5.60. The van der Waals surface area contributed by atoms with Crippen molar-refractivity contribution >= 4 is 21.6 Å². The summed E-state index contributed by atoms with van der Waals surface area (Å²) >= 11 is 0. The molecule has 0 aliphatic carbocycles. The van der Waals surface area contributed by atoms with Crippen molar-refractivity contribution in [1.82, 2.24) is 10.0 Å². The summed E-state index contributed by atoms with van der Waals surface area (Å²) in [5, 5.41) is 5.75. The summed E-state index contributed by atoms with van der Waals surface area (Å²) in [6.45, 7) is 2.65. The molecule has 1 rings (SSSR count). The van der Waals surface area contributed by atoms with Crippen LogP contribution in [0.25, 0.3) is 0 Å². The smallest absolute Gasteiger partial charge is 0.253 e. The highest BCUT2D eigenvalue weighted by atomic mass is 32.2. The third-order valence-electron chi connectivity index (χ3n) is 2.69. The number of sulfonamides is 1. The van der Waals surface area contributed by atoms with Gasteiger partial charge in [-0.3, -0.25) is 4.79 Å². The number of amides is 1. The van der Waals surface area contributed by atoms with E-state index in [9.17, 15) is 13.2 Å². The third-order valence-corrected chi connectivity index (χ3v) is 3.42. The fraction of sp³-hybridized carbons (Fsp3) is 0.462. The van der Waals surface area contributed by atoms with Gasteiger partial charge >= 0.3 is 0 Å². The summed E-state index contributed by atoms with van der Waals surface area (Å²) < 4.78 is 24.1. The van der Waals surface area contributed by atoms with E-state index in [1.165, 1.54) is 0 Å². The molecule has 112 valence electrons. The van der Waals surface area contributed by atoms with E-state index < -0.39 is 10.0 Å². The van der Waals surface area contributed by atoms with Crippen LogP contribution >= 0.6 is 0 Å². The van der Waals surface area contributed by atoms with Crippen molar-refractivity contribution in [3.05, 3.63) is 29.3 Å². The maximum atomic E-state index is 12.0. The maximum Gasteiger partial charge on any atom is 0.253 e. The van der Waals surface area contributed by atoms with E-state index in [4.69, 9.17) is 0 Å². The Morgan fingerprint density at radius 3 is 2.55 bits per heavy atom. The topological polar surface area (TPSA) is 87.3 Å². The molecule has 0 saturated heterocycles. The van der Waals surface area contributed by atoms with E-state index in [-0.39, 0.29) is 5.91 Å². The van der Waals surface area contributed by atoms with Crippen LogP contribution in [0.5, 0.6) is 0 Å². The van der Waals surface area contributed by atoms with Crippen LogP contribution in [0.4, 0.5) is 5.69 Å². The van der Waals surface area contributed by atoms with Crippen LogP contribution in [0.1, 0.15) is 22.3 Å². The van der Waals surface area contributed by atoms with E-state index in [1.807, 2.05) is 25.1 Å². The molecule has 1 aromatic carbocycles. The van der Waals surface area contributed by atoms with Crippen molar-refractivity contribution in [2.45, 2.75) is 13.3 Å². The minimum Gasteiger partial charge on any atom is -0.387 e. The molecule has 1 aromatic rings. The molecule has 0 aliphatic heterocycles. The standard InChI is InChI=1S/C13H21N3O3S/c1-10-5-6-12(14-2)11(9-10)13(17)15-7-4-8-16-20(3,18)19/h5-6,9,14,16H,4,7-8H2,1-3H3,(H,15,17). The highest BCUT2D eigenvalue weighted by molar-refractivity contribution is 7.88. The maximum absolute atomic E-state index is 12.0. The number of carbonyl (C=O) groups is 1. The molecule has 0 bridgehead atoms. The zero-order valence-electron chi connectivity index (χ0n) is 12.0. The van der Waals surface area contributed by atoms with Crippen LogP contribution in [-0.4, -0.2) is 40.7 Å². The second kappa shape index (κ2) is 7.25. The van der Waals surface area contributed by atoms with Crippen LogP contribution in [0.2, 0.25) is 0 Å². The lowest BCUT2D eigenvalue weighted by Gasteiger charge is -2.10. The van der Waals surface area contributed by atoms with Crippen LogP contribution in [0, 0.1) is 6.92 Å². The molecular weight excluding hydrogens is 278 g/mol. The van der Waals surface area contributed by atoms with Gasteiger partial charge in [0.15, 0.2) is 0 Å². The fourth-order valence-electron chi connectivity index (χ4n) is 1.71. The molecule has 0 fully saturated rings. The van der Waals surface area contributed by atoms with Gasteiger partial charge < -0.3 is 10.6 Å². The Morgan fingerprint density at radius 1 is 1.25 bits per heavy atom. The Hall–Kier alpha value is -1.60. The lowest BCUT2D eigenvalue weighted by atomic mass is 10.1. The van der Waals surface area contributed by atoms with E-state index in [1.54, 1.807) is 7.05 Å². The number of nitrogens with one attached hydrogen (secondary N) is 3. The SMILES string of the molecule is CNc1ccc(C)cc1C(=O)NCCCNS(C)(=O)=O. The molecule has 0 atom stereocenters. The van der Waals surface area contributed by atoms with Gasteiger partial charge in [-0.05, 0) is 25.5 Å². The number of aryl methyl sites for hydroxylation is 1. The molecular formula is C13H21N3O3S. The predicted octanol–water partition coefficient (Wildman–Crippen LogP) is 0.706. The van der Waals surface area contributed by atoms with Crippen molar-refractivity contribution in [2.75, 3.05) is 31.7 Å². The van der Waals surface area contributed by atoms with Crippen LogP contribution in [-0.2, 0) is 10.0 Å². The molecule has 1 amide bonds. The van der Waals surface area contributed by atoms with E-state index >= 15 is 0 Å². The normalized spacial score (nSPS) is 11.2. The number of hydrogen-bond donors (Lipinski definition) is 3. The van der Waals surface area contributed by atoms with Crippen molar-refractivity contribution < 1.29 is 13.2 Å². The molecule has 0 heterocycles. The summed E-state index contributed by atoms with van der Waals surface area (Å²) in [6.07, 6.45) is 1.65. The molecule has 0 aliphatic rings. The molecule has 0 aromatic heterocycles. The second-order valence-corrected chi connectivity index (χ2v) is 6.41. The van der Waals surface area contributed by atoms with Crippen molar-refractivity contribution in [1.29, 1.82) is 0 Å². The summed E-state index contributed by atoms with van der Waals surface area (Å²) in [5.74, 6) is -0.169. The highest BCUT2D eigenvalue weighted by Gasteiger charge is 2.10. The average molecular weight is 299 g/mol. The molecule has 7 heteroatoms. The van der Waals surface area contributed by atoms with Crippen molar-refractivity contribution in [3.8, 4) is 0 Å². The Labute approximate surface area is 120 Å². The highest BCUT2D eigenvalue weighted by Crippen LogP contribution is 2.16. The van der Waals surface area contributed by atoms with Gasteiger partial charge in [-0.15, -0.1) is 0 Å². The minimum atomic E-state index is -3.17. The Balaban J connectivity index is 2.49. The first-order valence-electron chi connectivity index (χ1n) is 6.34. The third kappa shape index (κ3) is 5.58. The van der Waals surface area contributed by atoms with Gasteiger partial charge in [-0.25, -0.2) is 13.1 Å². The van der Waals surface area contributed by atoms with Gasteiger partial charge in [0.25, 0.3) is 5.91 Å². The second-order valence-electron chi connectivity index (χ2n) is 4.57. The van der Waals surface area contributed by atoms with Gasteiger partial charge in [0.2, 0.25) is 10.0 Å². The Morgan fingerprint density at radius 2 is 1.95 bits per heavy atom. The first kappa shape index (κ1) is 16.5. The fourth-order valence-corrected chi connectivity index (χ4v) is 2.22. The van der Waals surface area contributed by atoms with Gasteiger partial charge in [0.1, 0.15) is 0 Å². The van der Waals surface area contributed by atoms with Gasteiger partial charge in [-0.2, -0.15) is 0 Å². The minimum absolute atomic E-state index is 0.169. The van der Waals surface area contributed by atoms with Gasteiger partial charge in [0.05, 0.1) is 11.8 Å². The number of carbonyl (C=O) groups excluding carboxylic acids is 1. The average Bonchev–Trinajstić information content (AvgIpc) is 2.36. The van der Waals surface area contributed by atoms with Crippen LogP contribution in [0.3, 0.4) is 0 Å². The summed E-state index contributed by atoms with van der Waals surface area (Å²) in [7, 11) is -1.40. The van der Waals surface area contributed by atoms with Crippen LogP contribution < -0.4 is 15.4 Å². The zero-order chi connectivity index (χ0) is 15.2. The summed E-state index contributed by atoms with van der Waals surface area (Å²) in [5.41, 5.74) is 2.36. The van der Waals surface area contributed by atoms with Crippen LogP contribution in [0.15, 0.2) is 18.2 Å². The molecule has 0 saturated carbocycles. The van der Waals surface area contributed by atoms with E-state index in [0.717, 1.165) is 17.5 Å². The Kier molecular flexibility index (Phi) is 5.97. The monoisotopic (exact) mass is 299 g/mol. The van der Waals surface area contributed by atoms with Gasteiger partial charge in [0, 0.05) is 25.8 Å². The molecule has 0 spiro atoms.